The van der Waals surface area contributed by atoms with E-state index in [0.29, 0.717) is 12.5 Å². The second-order valence-corrected chi connectivity index (χ2v) is 7.68. The summed E-state index contributed by atoms with van der Waals surface area (Å²) in [7, 11) is 0. The van der Waals surface area contributed by atoms with Gasteiger partial charge in [0, 0.05) is 12.8 Å². The van der Waals surface area contributed by atoms with Gasteiger partial charge in [-0.1, -0.05) is 90.9 Å². The molecule has 2 heteroatoms. The molecule has 0 spiro atoms. The molecule has 0 amide bonds. The predicted octanol–water partition coefficient (Wildman–Crippen LogP) is 7.00. The third kappa shape index (κ3) is 15.6. The number of rotatable bonds is 20. The van der Waals surface area contributed by atoms with Crippen molar-refractivity contribution in [3.8, 4) is 0 Å². The maximum Gasteiger partial charge on any atom is 0.132 e. The molecule has 0 aromatic rings. The van der Waals surface area contributed by atoms with Gasteiger partial charge in [-0.25, -0.2) is 0 Å². The van der Waals surface area contributed by atoms with Crippen molar-refractivity contribution >= 4 is 6.29 Å². The highest BCUT2D eigenvalue weighted by molar-refractivity contribution is 5.49. The van der Waals surface area contributed by atoms with Crippen molar-refractivity contribution in [2.45, 2.75) is 130 Å². The number of hydrogen-bond acceptors (Lipinski definition) is 2. The average molecular weight is 354 g/mol. The van der Waals surface area contributed by atoms with Crippen molar-refractivity contribution in [2.24, 2.45) is 0 Å². The number of unbranched alkanes of at least 4 members (excludes halogenated alkanes) is 12. The minimum atomic E-state index is 0.678. The number of carbonyl (C=O) groups is 1. The Bertz CT molecular complexity index is 267. The monoisotopic (exact) mass is 353 g/mol. The molecule has 0 aromatic heterocycles. The summed E-state index contributed by atoms with van der Waals surface area (Å²) in [6, 6.07) is 0.678. The highest BCUT2D eigenvalue weighted by atomic mass is 16.1. The van der Waals surface area contributed by atoms with Gasteiger partial charge in [0.2, 0.25) is 0 Å². The summed E-state index contributed by atoms with van der Waals surface area (Å²) >= 11 is 0. The lowest BCUT2D eigenvalue weighted by atomic mass is 10.0. The van der Waals surface area contributed by atoms with Crippen LogP contribution in [0.25, 0.3) is 0 Å². The highest BCUT2D eigenvalue weighted by Crippen LogP contribution is 2.15. The number of nitrogens with zero attached hydrogens (tertiary/aromatic N) is 1. The van der Waals surface area contributed by atoms with Gasteiger partial charge in [-0.05, 0) is 13.3 Å². The Kier molecular flexibility index (Phi) is 19.7. The first kappa shape index (κ1) is 24.6. The lowest BCUT2D eigenvalue weighted by Gasteiger charge is -2.19. The van der Waals surface area contributed by atoms with Gasteiger partial charge in [-0.3, -0.25) is 0 Å². The maximum absolute atomic E-state index is 10.6. The molecule has 1 radical (unpaired) electrons. The summed E-state index contributed by atoms with van der Waals surface area (Å²) in [5.41, 5.74) is 0. The molecule has 25 heavy (non-hydrogen) atoms. The molecule has 0 heterocycles. The predicted molar refractivity (Wildman–Crippen MR) is 113 cm³/mol. The Morgan fingerprint density at radius 3 is 1.60 bits per heavy atom. The SMILES string of the molecule is CCCCCCCCCCCCCCCC(CC)[N+](CC)CCC=O. The van der Waals surface area contributed by atoms with Crippen LogP contribution in [0.15, 0.2) is 0 Å². The van der Waals surface area contributed by atoms with Crippen LogP contribution in [0.1, 0.15) is 124 Å². The summed E-state index contributed by atoms with van der Waals surface area (Å²) in [6.45, 7) is 8.81. The molecule has 0 rings (SSSR count). The van der Waals surface area contributed by atoms with Gasteiger partial charge in [0.05, 0.1) is 6.42 Å². The average Bonchev–Trinajstić information content (AvgIpc) is 2.64. The first-order valence-electron chi connectivity index (χ1n) is 11.5. The van der Waals surface area contributed by atoms with E-state index in [1.807, 2.05) is 0 Å². The molecule has 0 saturated heterocycles. The van der Waals surface area contributed by atoms with Gasteiger partial charge >= 0.3 is 0 Å². The summed E-state index contributed by atoms with van der Waals surface area (Å²) in [4.78, 5) is 13.1. The van der Waals surface area contributed by atoms with Crippen molar-refractivity contribution in [2.75, 3.05) is 13.1 Å². The second kappa shape index (κ2) is 19.9. The van der Waals surface area contributed by atoms with Crippen molar-refractivity contribution in [3.63, 3.8) is 0 Å². The molecule has 149 valence electrons. The van der Waals surface area contributed by atoms with E-state index in [-0.39, 0.29) is 0 Å². The largest absolute Gasteiger partial charge is 0.303 e. The van der Waals surface area contributed by atoms with Crippen LogP contribution in [-0.4, -0.2) is 25.4 Å². The molecule has 1 unspecified atom stereocenters. The molecule has 1 atom stereocenters. The molecule has 0 aliphatic heterocycles. The third-order valence-corrected chi connectivity index (χ3v) is 5.57. The van der Waals surface area contributed by atoms with Gasteiger partial charge < -0.3 is 4.79 Å². The van der Waals surface area contributed by atoms with Crippen molar-refractivity contribution in [1.29, 1.82) is 0 Å². The third-order valence-electron chi connectivity index (χ3n) is 5.57. The van der Waals surface area contributed by atoms with E-state index >= 15 is 0 Å². The van der Waals surface area contributed by atoms with Crippen LogP contribution in [0.2, 0.25) is 0 Å². The fourth-order valence-electron chi connectivity index (χ4n) is 3.86. The minimum absolute atomic E-state index is 0.678. The summed E-state index contributed by atoms with van der Waals surface area (Å²) in [6.07, 6.45) is 22.8. The van der Waals surface area contributed by atoms with Crippen LogP contribution in [0, 0.1) is 0 Å². The molecule has 2 nitrogen and oxygen atoms in total. The van der Waals surface area contributed by atoms with Gasteiger partial charge in [0.1, 0.15) is 25.4 Å². The van der Waals surface area contributed by atoms with Gasteiger partial charge in [-0.15, -0.1) is 0 Å². The van der Waals surface area contributed by atoms with Crippen LogP contribution >= 0.6 is 0 Å². The van der Waals surface area contributed by atoms with Crippen molar-refractivity contribution in [3.05, 3.63) is 0 Å². The molecule has 0 aromatic carbocycles. The van der Waals surface area contributed by atoms with Gasteiger partial charge in [0.25, 0.3) is 0 Å². The van der Waals surface area contributed by atoms with Gasteiger partial charge in [-0.2, -0.15) is 4.90 Å². The molecule has 0 aliphatic rings. The van der Waals surface area contributed by atoms with E-state index in [9.17, 15) is 4.79 Å². The number of aldehydes is 1. The number of hydrogen-bond donors (Lipinski definition) is 0. The molecular formula is C23H47NO+. The Balaban J connectivity index is 3.44. The van der Waals surface area contributed by atoms with Crippen molar-refractivity contribution < 1.29 is 4.79 Å². The van der Waals surface area contributed by atoms with E-state index in [1.165, 1.54) is 96.3 Å². The Morgan fingerprint density at radius 1 is 0.720 bits per heavy atom. The normalized spacial score (nSPS) is 12.6. The quantitative estimate of drug-likeness (QED) is 0.131. The zero-order valence-corrected chi connectivity index (χ0v) is 17.7. The van der Waals surface area contributed by atoms with Crippen LogP contribution in [-0.2, 0) is 4.79 Å². The topological polar surface area (TPSA) is 23.0 Å². The maximum atomic E-state index is 10.6. The van der Waals surface area contributed by atoms with Crippen LogP contribution < -0.4 is 4.90 Å². The summed E-state index contributed by atoms with van der Waals surface area (Å²) in [5.74, 6) is 0. The first-order chi connectivity index (χ1) is 12.3. The van der Waals surface area contributed by atoms with Crippen LogP contribution in [0.4, 0.5) is 0 Å². The Morgan fingerprint density at radius 2 is 1.20 bits per heavy atom. The van der Waals surface area contributed by atoms with E-state index in [2.05, 4.69) is 25.7 Å². The summed E-state index contributed by atoms with van der Waals surface area (Å²) < 4.78 is 0. The zero-order chi connectivity index (χ0) is 18.6. The van der Waals surface area contributed by atoms with Gasteiger partial charge in [0.15, 0.2) is 0 Å². The standard InChI is InChI=1S/C23H47NO/c1-4-7-8-9-10-11-12-13-14-15-16-17-18-20-23(5-2)24(6-3)21-19-22-25/h22-23H,4-21H2,1-3H3/q+1. The smallest absolute Gasteiger partial charge is 0.132 e. The molecule has 0 fully saturated rings. The van der Waals surface area contributed by atoms with Crippen LogP contribution in [0.3, 0.4) is 0 Å². The Hall–Kier alpha value is -0.370. The van der Waals surface area contributed by atoms with E-state index in [1.54, 1.807) is 0 Å². The van der Waals surface area contributed by atoms with Crippen molar-refractivity contribution in [1.82, 2.24) is 4.90 Å². The molecule has 0 aliphatic carbocycles. The van der Waals surface area contributed by atoms with Crippen LogP contribution in [0.5, 0.6) is 0 Å². The molecule has 0 saturated carbocycles. The first-order valence-corrected chi connectivity index (χ1v) is 11.5. The zero-order valence-electron chi connectivity index (χ0n) is 17.7. The molecule has 0 N–H and O–H groups in total. The highest BCUT2D eigenvalue weighted by Gasteiger charge is 2.23. The van der Waals surface area contributed by atoms with E-state index in [4.69, 9.17) is 0 Å². The summed E-state index contributed by atoms with van der Waals surface area (Å²) in [5, 5.41) is 0. The lowest BCUT2D eigenvalue weighted by molar-refractivity contribution is -0.108. The lowest BCUT2D eigenvalue weighted by Crippen LogP contribution is -2.41. The number of carbonyl (C=O) groups excluding carboxylic acids is 1. The molecule has 0 bridgehead atoms. The minimum Gasteiger partial charge on any atom is -0.303 e. The molecular weight excluding hydrogens is 306 g/mol. The Labute approximate surface area is 159 Å². The van der Waals surface area contributed by atoms with E-state index in [0.717, 1.165) is 19.4 Å². The van der Waals surface area contributed by atoms with E-state index < -0.39 is 0 Å². The fraction of sp³-hybridized carbons (Fsp3) is 0.957. The fourth-order valence-corrected chi connectivity index (χ4v) is 3.86. The second-order valence-electron chi connectivity index (χ2n) is 7.68.